The second kappa shape index (κ2) is 4.87. The molecule has 0 saturated heterocycles. The molecule has 0 spiro atoms. The van der Waals surface area contributed by atoms with Crippen molar-refractivity contribution in [1.29, 1.82) is 0 Å². The van der Waals surface area contributed by atoms with Gasteiger partial charge in [-0.3, -0.25) is 10.1 Å². The Kier molecular flexibility index (Phi) is 3.27. The summed E-state index contributed by atoms with van der Waals surface area (Å²) in [6, 6.07) is 6.68. The molecule has 0 atom stereocenters. The van der Waals surface area contributed by atoms with Crippen molar-refractivity contribution in [3.05, 3.63) is 24.3 Å². The molecule has 0 unspecified atom stereocenters. The number of aromatic nitrogens is 3. The van der Waals surface area contributed by atoms with Crippen LogP contribution in [0.2, 0.25) is 0 Å². The average molecular weight is 246 g/mol. The number of rotatable bonds is 3. The monoisotopic (exact) mass is 246 g/mol. The molecule has 18 heavy (non-hydrogen) atoms. The van der Waals surface area contributed by atoms with E-state index in [0.717, 1.165) is 5.56 Å². The van der Waals surface area contributed by atoms with Gasteiger partial charge in [0.25, 0.3) is 0 Å². The lowest BCUT2D eigenvalue weighted by Crippen LogP contribution is -2.07. The molecule has 0 saturated carbocycles. The summed E-state index contributed by atoms with van der Waals surface area (Å²) in [4.78, 5) is 15.2. The summed E-state index contributed by atoms with van der Waals surface area (Å²) in [5.74, 6) is 0.928. The van der Waals surface area contributed by atoms with Crippen molar-refractivity contribution >= 4 is 11.9 Å². The van der Waals surface area contributed by atoms with E-state index in [1.807, 2.05) is 6.92 Å². The van der Waals surface area contributed by atoms with E-state index in [2.05, 4.69) is 15.4 Å². The minimum absolute atomic E-state index is 0.198. The van der Waals surface area contributed by atoms with Crippen LogP contribution in [0.1, 0.15) is 13.8 Å². The second-order valence-electron chi connectivity index (χ2n) is 3.80. The largest absolute Gasteiger partial charge is 0.508 e. The summed E-state index contributed by atoms with van der Waals surface area (Å²) in [5, 5.41) is 16.0. The van der Waals surface area contributed by atoms with Gasteiger partial charge in [-0.25, -0.2) is 4.68 Å². The van der Waals surface area contributed by atoms with Crippen LogP contribution >= 0.6 is 0 Å². The predicted octanol–water partition coefficient (Wildman–Crippen LogP) is 1.63. The number of benzene rings is 1. The summed E-state index contributed by atoms with van der Waals surface area (Å²) in [7, 11) is 0. The van der Waals surface area contributed by atoms with Gasteiger partial charge in [0.2, 0.25) is 11.9 Å². The minimum atomic E-state index is -0.208. The van der Waals surface area contributed by atoms with Gasteiger partial charge >= 0.3 is 0 Å². The Hall–Kier alpha value is -2.37. The number of nitrogens with zero attached hydrogens (tertiary/aromatic N) is 3. The van der Waals surface area contributed by atoms with Crippen LogP contribution < -0.4 is 5.32 Å². The summed E-state index contributed by atoms with van der Waals surface area (Å²) < 4.78 is 1.69. The van der Waals surface area contributed by atoms with Gasteiger partial charge in [0.1, 0.15) is 5.75 Å². The lowest BCUT2D eigenvalue weighted by atomic mass is 10.2. The van der Waals surface area contributed by atoms with Crippen LogP contribution in [0, 0.1) is 0 Å². The Balaban J connectivity index is 2.39. The molecule has 0 radical (unpaired) electrons. The summed E-state index contributed by atoms with van der Waals surface area (Å²) >= 11 is 0. The Morgan fingerprint density at radius 2 is 2.06 bits per heavy atom. The van der Waals surface area contributed by atoms with E-state index in [-0.39, 0.29) is 17.6 Å². The van der Waals surface area contributed by atoms with Gasteiger partial charge in [-0.1, -0.05) is 0 Å². The number of anilines is 1. The number of carbonyl (C=O) groups is 1. The van der Waals surface area contributed by atoms with Crippen molar-refractivity contribution in [1.82, 2.24) is 14.8 Å². The van der Waals surface area contributed by atoms with Gasteiger partial charge in [-0.15, -0.1) is 5.10 Å². The topological polar surface area (TPSA) is 80.0 Å². The minimum Gasteiger partial charge on any atom is -0.508 e. The summed E-state index contributed by atoms with van der Waals surface area (Å²) in [6.45, 7) is 3.99. The maximum absolute atomic E-state index is 11.0. The molecular formula is C12H14N4O2. The fourth-order valence-corrected chi connectivity index (χ4v) is 1.60. The number of phenols is 1. The Labute approximate surface area is 104 Å². The van der Waals surface area contributed by atoms with Gasteiger partial charge in [0, 0.05) is 19.0 Å². The van der Waals surface area contributed by atoms with Crippen molar-refractivity contribution in [2.45, 2.75) is 20.4 Å². The van der Waals surface area contributed by atoms with Gasteiger partial charge in [-0.2, -0.15) is 4.98 Å². The Morgan fingerprint density at radius 3 is 2.61 bits per heavy atom. The highest BCUT2D eigenvalue weighted by Gasteiger charge is 2.11. The first-order valence-electron chi connectivity index (χ1n) is 5.62. The molecule has 0 bridgehead atoms. The van der Waals surface area contributed by atoms with Gasteiger partial charge < -0.3 is 5.11 Å². The lowest BCUT2D eigenvalue weighted by molar-refractivity contribution is -0.114. The predicted molar refractivity (Wildman–Crippen MR) is 67.1 cm³/mol. The van der Waals surface area contributed by atoms with Crippen molar-refractivity contribution in [3.8, 4) is 17.1 Å². The van der Waals surface area contributed by atoms with Crippen LogP contribution in [0.15, 0.2) is 24.3 Å². The lowest BCUT2D eigenvalue weighted by Gasteiger charge is -2.02. The third-order valence-electron chi connectivity index (χ3n) is 2.38. The number of phenolic OH excluding ortho intramolecular Hbond substituents is 1. The third-order valence-corrected chi connectivity index (χ3v) is 2.38. The number of aryl methyl sites for hydroxylation is 1. The van der Waals surface area contributed by atoms with E-state index in [0.29, 0.717) is 12.4 Å². The van der Waals surface area contributed by atoms with E-state index in [4.69, 9.17) is 0 Å². The van der Waals surface area contributed by atoms with Crippen LogP contribution in [0.3, 0.4) is 0 Å². The number of aromatic hydroxyl groups is 1. The Morgan fingerprint density at radius 1 is 1.39 bits per heavy atom. The van der Waals surface area contributed by atoms with Crippen LogP contribution in [0.25, 0.3) is 11.4 Å². The fraction of sp³-hybridized carbons (Fsp3) is 0.250. The molecule has 1 amide bonds. The zero-order chi connectivity index (χ0) is 13.1. The first-order chi connectivity index (χ1) is 8.60. The number of amides is 1. The van der Waals surface area contributed by atoms with Crippen LogP contribution in [0.5, 0.6) is 5.75 Å². The number of hydrogen-bond acceptors (Lipinski definition) is 4. The van der Waals surface area contributed by atoms with E-state index in [1.165, 1.54) is 6.92 Å². The molecule has 2 N–H and O–H groups in total. The average Bonchev–Trinajstić information content (AvgIpc) is 2.72. The zero-order valence-corrected chi connectivity index (χ0v) is 10.2. The standard InChI is InChI=1S/C12H14N4O2/c1-3-16-11(9-4-6-10(18)7-5-9)14-12(15-16)13-8(2)17/h4-7,18H,3H2,1-2H3,(H,13,15,17). The van der Waals surface area contributed by atoms with E-state index < -0.39 is 0 Å². The van der Waals surface area contributed by atoms with Gasteiger partial charge in [0.15, 0.2) is 5.82 Å². The Bertz CT molecular complexity index is 560. The molecule has 6 nitrogen and oxygen atoms in total. The molecule has 0 aliphatic heterocycles. The fourth-order valence-electron chi connectivity index (χ4n) is 1.60. The smallest absolute Gasteiger partial charge is 0.249 e. The second-order valence-corrected chi connectivity index (χ2v) is 3.80. The van der Waals surface area contributed by atoms with Crippen LogP contribution in [0.4, 0.5) is 5.95 Å². The summed E-state index contributed by atoms with van der Waals surface area (Å²) in [6.07, 6.45) is 0. The molecule has 0 fully saturated rings. The van der Waals surface area contributed by atoms with Crippen LogP contribution in [-0.2, 0) is 11.3 Å². The molecule has 1 aromatic heterocycles. The molecule has 2 rings (SSSR count). The molecular weight excluding hydrogens is 232 g/mol. The first-order valence-corrected chi connectivity index (χ1v) is 5.62. The highest BCUT2D eigenvalue weighted by atomic mass is 16.3. The zero-order valence-electron chi connectivity index (χ0n) is 10.2. The van der Waals surface area contributed by atoms with E-state index in [1.54, 1.807) is 28.9 Å². The summed E-state index contributed by atoms with van der Waals surface area (Å²) in [5.41, 5.74) is 0.832. The van der Waals surface area contributed by atoms with Crippen molar-refractivity contribution < 1.29 is 9.90 Å². The normalized spacial score (nSPS) is 10.3. The van der Waals surface area contributed by atoms with Gasteiger partial charge in [0.05, 0.1) is 0 Å². The number of carbonyl (C=O) groups excluding carboxylic acids is 1. The van der Waals surface area contributed by atoms with Crippen molar-refractivity contribution in [2.75, 3.05) is 5.32 Å². The quantitative estimate of drug-likeness (QED) is 0.862. The maximum Gasteiger partial charge on any atom is 0.249 e. The highest BCUT2D eigenvalue weighted by molar-refractivity contribution is 5.86. The molecule has 1 aromatic carbocycles. The molecule has 1 heterocycles. The maximum atomic E-state index is 11.0. The van der Waals surface area contributed by atoms with E-state index >= 15 is 0 Å². The molecule has 6 heteroatoms. The molecule has 2 aromatic rings. The van der Waals surface area contributed by atoms with Gasteiger partial charge in [-0.05, 0) is 31.2 Å². The molecule has 94 valence electrons. The highest BCUT2D eigenvalue weighted by Crippen LogP contribution is 2.21. The number of nitrogens with one attached hydrogen (secondary N) is 1. The molecule has 0 aliphatic rings. The SMILES string of the molecule is CCn1nc(NC(C)=O)nc1-c1ccc(O)cc1. The first kappa shape index (κ1) is 12.1. The number of hydrogen-bond donors (Lipinski definition) is 2. The molecule has 0 aliphatic carbocycles. The van der Waals surface area contributed by atoms with Crippen molar-refractivity contribution in [2.24, 2.45) is 0 Å². The van der Waals surface area contributed by atoms with E-state index in [9.17, 15) is 9.90 Å². The van der Waals surface area contributed by atoms with Crippen molar-refractivity contribution in [3.63, 3.8) is 0 Å². The van der Waals surface area contributed by atoms with Crippen LogP contribution in [-0.4, -0.2) is 25.8 Å². The third kappa shape index (κ3) is 2.48.